The van der Waals surface area contributed by atoms with Gasteiger partial charge in [-0.1, -0.05) is 12.2 Å². The van der Waals surface area contributed by atoms with E-state index in [1.807, 2.05) is 12.2 Å². The van der Waals surface area contributed by atoms with Crippen LogP contribution in [0.3, 0.4) is 0 Å². The Kier molecular flexibility index (Phi) is 3.38. The highest BCUT2D eigenvalue weighted by atomic mass is 32.2. The third kappa shape index (κ3) is 2.16. The average Bonchev–Trinajstić information content (AvgIpc) is 2.78. The maximum atomic E-state index is 12.1. The van der Waals surface area contributed by atoms with E-state index in [9.17, 15) is 9.59 Å². The number of rotatable bonds is 1. The van der Waals surface area contributed by atoms with Crippen molar-refractivity contribution >= 4 is 23.8 Å². The predicted molar refractivity (Wildman–Crippen MR) is 61.3 cm³/mol. The molecule has 2 heterocycles. The van der Waals surface area contributed by atoms with Crippen LogP contribution in [0.2, 0.25) is 0 Å². The maximum Gasteiger partial charge on any atom is 0.327 e. The molecule has 16 heavy (non-hydrogen) atoms. The highest BCUT2D eigenvalue weighted by Gasteiger charge is 2.36. The molecule has 6 heteroatoms. The van der Waals surface area contributed by atoms with Gasteiger partial charge in [0, 0.05) is 18.8 Å². The first-order chi connectivity index (χ1) is 7.70. The van der Waals surface area contributed by atoms with E-state index in [0.717, 1.165) is 6.42 Å². The van der Waals surface area contributed by atoms with Gasteiger partial charge in [-0.05, 0) is 6.42 Å². The number of aliphatic carboxylic acids is 1. The lowest BCUT2D eigenvalue weighted by molar-refractivity contribution is -0.140. The Bertz CT molecular complexity index is 332. The summed E-state index contributed by atoms with van der Waals surface area (Å²) in [6.45, 7) is 1.27. The van der Waals surface area contributed by atoms with Crippen molar-refractivity contribution in [1.29, 1.82) is 0 Å². The number of carboxylic acids is 1. The number of hydrogen-bond donors (Lipinski definition) is 1. The van der Waals surface area contributed by atoms with Crippen molar-refractivity contribution < 1.29 is 14.7 Å². The summed E-state index contributed by atoms with van der Waals surface area (Å²) in [5.41, 5.74) is 0. The smallest absolute Gasteiger partial charge is 0.327 e. The number of hydrogen-bond acceptors (Lipinski definition) is 3. The molecule has 1 fully saturated rings. The van der Waals surface area contributed by atoms with Gasteiger partial charge < -0.3 is 14.9 Å². The molecule has 1 saturated heterocycles. The number of nitrogens with zero attached hydrogens (tertiary/aromatic N) is 2. The number of carbonyl (C=O) groups is 2. The van der Waals surface area contributed by atoms with Gasteiger partial charge in [-0.2, -0.15) is 0 Å². The molecule has 0 aromatic rings. The standard InChI is InChI=1S/C10H14N2O3S/c13-9(14)8-6-16-7-12(8)10(15)11-4-2-1-3-5-11/h1-2,8H,3-7H2,(H,13,14)/t8-/m0/s1. The molecule has 2 aliphatic rings. The topological polar surface area (TPSA) is 60.9 Å². The Morgan fingerprint density at radius 1 is 1.38 bits per heavy atom. The van der Waals surface area contributed by atoms with Crippen molar-refractivity contribution in [3.8, 4) is 0 Å². The molecule has 0 aromatic heterocycles. The lowest BCUT2D eigenvalue weighted by atomic mass is 10.2. The molecule has 5 nitrogen and oxygen atoms in total. The number of thioether (sulfide) groups is 1. The normalized spacial score (nSPS) is 24.9. The predicted octanol–water partition coefficient (Wildman–Crippen LogP) is 0.828. The first-order valence-corrected chi connectivity index (χ1v) is 6.36. The highest BCUT2D eigenvalue weighted by molar-refractivity contribution is 7.99. The first kappa shape index (κ1) is 11.3. The molecule has 1 atom stereocenters. The van der Waals surface area contributed by atoms with Crippen LogP contribution in [0, 0.1) is 0 Å². The summed E-state index contributed by atoms with van der Waals surface area (Å²) in [5, 5.41) is 8.99. The third-order valence-electron chi connectivity index (χ3n) is 2.74. The number of urea groups is 1. The molecule has 88 valence electrons. The molecule has 0 aromatic carbocycles. The van der Waals surface area contributed by atoms with Gasteiger partial charge in [0.2, 0.25) is 0 Å². The van der Waals surface area contributed by atoms with Crippen LogP contribution in [0.15, 0.2) is 12.2 Å². The summed E-state index contributed by atoms with van der Waals surface area (Å²) in [4.78, 5) is 26.2. The van der Waals surface area contributed by atoms with Gasteiger partial charge in [0.1, 0.15) is 6.04 Å². The Morgan fingerprint density at radius 2 is 2.19 bits per heavy atom. The lowest BCUT2D eigenvalue weighted by Gasteiger charge is -2.30. The Balaban J connectivity index is 2.03. The summed E-state index contributed by atoms with van der Waals surface area (Å²) in [6, 6.07) is -0.815. The van der Waals surface area contributed by atoms with Crippen LogP contribution >= 0.6 is 11.8 Å². The van der Waals surface area contributed by atoms with Crippen LogP contribution in [0.4, 0.5) is 4.79 Å². The van der Waals surface area contributed by atoms with Gasteiger partial charge in [-0.15, -0.1) is 11.8 Å². The SMILES string of the molecule is O=C(O)[C@@H]1CSCN1C(=O)N1CC=CCC1. The average molecular weight is 242 g/mol. The highest BCUT2D eigenvalue weighted by Crippen LogP contribution is 2.23. The number of amides is 2. The van der Waals surface area contributed by atoms with Crippen LogP contribution in [-0.4, -0.2) is 57.7 Å². The minimum atomic E-state index is -0.911. The second-order valence-corrected chi connectivity index (χ2v) is 4.81. The quantitative estimate of drug-likeness (QED) is 0.692. The van der Waals surface area contributed by atoms with E-state index >= 15 is 0 Å². The van der Waals surface area contributed by atoms with Crippen LogP contribution in [-0.2, 0) is 4.79 Å². The van der Waals surface area contributed by atoms with E-state index < -0.39 is 12.0 Å². The number of carbonyl (C=O) groups excluding carboxylic acids is 1. The van der Waals surface area contributed by atoms with Crippen LogP contribution in [0.5, 0.6) is 0 Å². The van der Waals surface area contributed by atoms with E-state index in [1.54, 1.807) is 4.90 Å². The zero-order valence-electron chi connectivity index (χ0n) is 8.83. The van der Waals surface area contributed by atoms with Crippen molar-refractivity contribution in [3.63, 3.8) is 0 Å². The minimum absolute atomic E-state index is 0.151. The van der Waals surface area contributed by atoms with E-state index in [2.05, 4.69) is 0 Å². The minimum Gasteiger partial charge on any atom is -0.480 e. The molecular formula is C10H14N2O3S. The molecular weight excluding hydrogens is 228 g/mol. The molecule has 0 saturated carbocycles. The first-order valence-electron chi connectivity index (χ1n) is 5.21. The van der Waals surface area contributed by atoms with E-state index in [1.165, 1.54) is 16.7 Å². The van der Waals surface area contributed by atoms with E-state index in [-0.39, 0.29) is 6.03 Å². The van der Waals surface area contributed by atoms with E-state index in [0.29, 0.717) is 24.7 Å². The summed E-state index contributed by atoms with van der Waals surface area (Å²) in [5.74, 6) is 0.0618. The third-order valence-corrected chi connectivity index (χ3v) is 3.75. The van der Waals surface area contributed by atoms with E-state index in [4.69, 9.17) is 5.11 Å². The second kappa shape index (κ2) is 4.78. The summed E-state index contributed by atoms with van der Waals surface area (Å²) in [7, 11) is 0. The fourth-order valence-corrected chi connectivity index (χ4v) is 2.97. The van der Waals surface area contributed by atoms with Crippen LogP contribution in [0.25, 0.3) is 0 Å². The molecule has 1 N–H and O–H groups in total. The molecule has 0 bridgehead atoms. The maximum absolute atomic E-state index is 12.1. The van der Waals surface area contributed by atoms with Gasteiger partial charge in [0.15, 0.2) is 0 Å². The van der Waals surface area contributed by atoms with Gasteiger partial charge in [0.25, 0.3) is 0 Å². The van der Waals surface area contributed by atoms with Crippen LogP contribution in [0.1, 0.15) is 6.42 Å². The zero-order valence-corrected chi connectivity index (χ0v) is 9.65. The fourth-order valence-electron chi connectivity index (χ4n) is 1.83. The zero-order chi connectivity index (χ0) is 11.5. The van der Waals surface area contributed by atoms with Crippen molar-refractivity contribution in [1.82, 2.24) is 9.80 Å². The Hall–Kier alpha value is -1.17. The second-order valence-electron chi connectivity index (χ2n) is 3.81. The van der Waals surface area contributed by atoms with Crippen molar-refractivity contribution in [2.24, 2.45) is 0 Å². The molecule has 2 rings (SSSR count). The lowest BCUT2D eigenvalue weighted by Crippen LogP contribution is -2.49. The van der Waals surface area contributed by atoms with Gasteiger partial charge in [-0.25, -0.2) is 9.59 Å². The monoisotopic (exact) mass is 242 g/mol. The summed E-state index contributed by atoms with van der Waals surface area (Å²) >= 11 is 1.49. The summed E-state index contributed by atoms with van der Waals surface area (Å²) < 4.78 is 0. The van der Waals surface area contributed by atoms with Crippen molar-refractivity contribution in [2.45, 2.75) is 12.5 Å². The molecule has 2 amide bonds. The molecule has 0 spiro atoms. The van der Waals surface area contributed by atoms with Gasteiger partial charge in [0.05, 0.1) is 5.88 Å². The van der Waals surface area contributed by atoms with Crippen LogP contribution < -0.4 is 0 Å². The molecule has 0 aliphatic carbocycles. The Morgan fingerprint density at radius 3 is 2.81 bits per heavy atom. The Labute approximate surface area is 98.1 Å². The van der Waals surface area contributed by atoms with Gasteiger partial charge in [-0.3, -0.25) is 0 Å². The molecule has 0 unspecified atom stereocenters. The van der Waals surface area contributed by atoms with Gasteiger partial charge >= 0.3 is 12.0 Å². The fraction of sp³-hybridized carbons (Fsp3) is 0.600. The largest absolute Gasteiger partial charge is 0.480 e. The summed E-state index contributed by atoms with van der Waals surface area (Å²) in [6.07, 6.45) is 4.84. The molecule has 2 aliphatic heterocycles. The van der Waals surface area contributed by atoms with Crippen molar-refractivity contribution in [3.05, 3.63) is 12.2 Å². The molecule has 0 radical (unpaired) electrons. The van der Waals surface area contributed by atoms with Crippen molar-refractivity contribution in [2.75, 3.05) is 24.7 Å². The number of carboxylic acid groups (broad SMARTS) is 1.